The van der Waals surface area contributed by atoms with E-state index in [1.54, 1.807) is 37.5 Å². The smallest absolute Gasteiger partial charge is 0.228 e. The van der Waals surface area contributed by atoms with Crippen LogP contribution in [0.15, 0.2) is 60.0 Å². The number of ether oxygens (including phenoxy) is 1. The van der Waals surface area contributed by atoms with E-state index in [1.165, 1.54) is 12.3 Å². The Morgan fingerprint density at radius 2 is 2.14 bits per heavy atom. The van der Waals surface area contributed by atoms with E-state index in [9.17, 15) is 4.39 Å². The Morgan fingerprint density at radius 1 is 1.28 bits per heavy atom. The zero-order chi connectivity index (χ0) is 25.1. The fourth-order valence-electron chi connectivity index (χ4n) is 4.15. The Balaban J connectivity index is 1.44. The number of hydrogen-bond acceptors (Lipinski definition) is 7. The molecule has 1 aliphatic heterocycles. The van der Waals surface area contributed by atoms with Crippen molar-refractivity contribution in [1.29, 1.82) is 0 Å². The third-order valence-electron chi connectivity index (χ3n) is 5.91. The average Bonchev–Trinajstić information content (AvgIpc) is 3.44. The standard InChI is InChI=1S/C25H26FN9O/c1-16-13-29-25(30-21(28-2)8-9-27)31-23(16)17-12-19-24-33-32-22(35(24)11-5-10-34(19)14-17)15-36-20-7-4-3-6-18(20)26/h3-4,6-9,12-14H,5,10-11,15,27H2,1-2H3,(H,28,29,30,31). The lowest BCUT2D eigenvalue weighted by Gasteiger charge is -2.09. The molecule has 1 aliphatic rings. The van der Waals surface area contributed by atoms with Gasteiger partial charge in [0.25, 0.3) is 0 Å². The molecule has 0 bridgehead atoms. The lowest BCUT2D eigenvalue weighted by molar-refractivity contribution is 0.274. The fourth-order valence-corrected chi connectivity index (χ4v) is 4.15. The molecule has 1 aromatic carbocycles. The first-order chi connectivity index (χ1) is 17.6. The lowest BCUT2D eigenvalue weighted by atomic mass is 10.1. The number of hydrogen-bond donors (Lipinski definition) is 2. The third kappa shape index (κ3) is 4.54. The van der Waals surface area contributed by atoms with Gasteiger partial charge in [0.1, 0.15) is 12.4 Å². The molecule has 0 fully saturated rings. The van der Waals surface area contributed by atoms with Crippen LogP contribution in [-0.2, 0) is 19.7 Å². The van der Waals surface area contributed by atoms with Crippen molar-refractivity contribution in [2.45, 2.75) is 33.0 Å². The number of nitrogens with one attached hydrogen (secondary N) is 1. The minimum Gasteiger partial charge on any atom is -0.483 e. The van der Waals surface area contributed by atoms with Crippen molar-refractivity contribution < 1.29 is 9.13 Å². The molecule has 0 radical (unpaired) electrons. The number of aromatic nitrogens is 6. The predicted octanol–water partition coefficient (Wildman–Crippen LogP) is 3.55. The molecule has 5 rings (SSSR count). The molecule has 0 atom stereocenters. The number of nitrogens with two attached hydrogens (primary N) is 1. The topological polar surface area (TPSA) is 121 Å². The summed E-state index contributed by atoms with van der Waals surface area (Å²) in [5, 5.41) is 11.9. The van der Waals surface area contributed by atoms with Crippen molar-refractivity contribution in [3.05, 3.63) is 72.2 Å². The molecule has 4 aromatic rings. The number of aliphatic imine (C=N–C) groups is 1. The molecule has 0 saturated carbocycles. The molecule has 0 amide bonds. The van der Waals surface area contributed by atoms with Gasteiger partial charge in [0.05, 0.1) is 11.4 Å². The molecule has 3 aromatic heterocycles. The second kappa shape index (κ2) is 9.98. The minimum absolute atomic E-state index is 0.125. The third-order valence-corrected chi connectivity index (χ3v) is 5.91. The van der Waals surface area contributed by atoms with Gasteiger partial charge >= 0.3 is 0 Å². The summed E-state index contributed by atoms with van der Waals surface area (Å²) in [5.41, 5.74) is 9.10. The number of anilines is 1. The first kappa shape index (κ1) is 23.2. The molecular weight excluding hydrogens is 461 g/mol. The number of benzene rings is 1. The van der Waals surface area contributed by atoms with Gasteiger partial charge in [-0.2, -0.15) is 0 Å². The van der Waals surface area contributed by atoms with E-state index in [0.717, 1.165) is 47.8 Å². The summed E-state index contributed by atoms with van der Waals surface area (Å²) >= 11 is 0. The monoisotopic (exact) mass is 487 g/mol. The summed E-state index contributed by atoms with van der Waals surface area (Å²) in [4.78, 5) is 13.2. The summed E-state index contributed by atoms with van der Waals surface area (Å²) in [5.74, 6) is 2.15. The average molecular weight is 488 g/mol. The number of para-hydroxylation sites is 1. The van der Waals surface area contributed by atoms with Gasteiger partial charge in [-0.05, 0) is 49.4 Å². The summed E-state index contributed by atoms with van der Waals surface area (Å²) in [6.07, 6.45) is 7.78. The molecule has 4 heterocycles. The van der Waals surface area contributed by atoms with Crippen molar-refractivity contribution in [2.24, 2.45) is 10.7 Å². The van der Waals surface area contributed by atoms with Crippen molar-refractivity contribution >= 4 is 11.8 Å². The first-order valence-electron chi connectivity index (χ1n) is 11.5. The number of halogens is 1. The highest BCUT2D eigenvalue weighted by atomic mass is 19.1. The highest BCUT2D eigenvalue weighted by molar-refractivity contribution is 6.02. The zero-order valence-electron chi connectivity index (χ0n) is 20.0. The van der Waals surface area contributed by atoms with Crippen LogP contribution in [0.4, 0.5) is 10.3 Å². The number of fused-ring (bicyclic) bond motifs is 3. The zero-order valence-corrected chi connectivity index (χ0v) is 20.0. The van der Waals surface area contributed by atoms with E-state index in [-0.39, 0.29) is 12.4 Å². The summed E-state index contributed by atoms with van der Waals surface area (Å²) < 4.78 is 23.9. The first-order valence-corrected chi connectivity index (χ1v) is 11.5. The second-order valence-electron chi connectivity index (χ2n) is 8.29. The summed E-state index contributed by atoms with van der Waals surface area (Å²) in [7, 11) is 1.66. The van der Waals surface area contributed by atoms with Crippen LogP contribution >= 0.6 is 0 Å². The van der Waals surface area contributed by atoms with Crippen LogP contribution in [0.3, 0.4) is 0 Å². The Hall–Kier alpha value is -4.54. The largest absolute Gasteiger partial charge is 0.483 e. The Bertz CT molecular complexity index is 1450. The number of nitrogens with zero attached hydrogens (tertiary/aromatic N) is 7. The van der Waals surface area contributed by atoms with E-state index in [0.29, 0.717) is 17.6 Å². The van der Waals surface area contributed by atoms with Gasteiger partial charge in [-0.3, -0.25) is 4.99 Å². The maximum absolute atomic E-state index is 14.0. The molecule has 0 spiro atoms. The fraction of sp³-hybridized carbons (Fsp3) is 0.240. The second-order valence-corrected chi connectivity index (χ2v) is 8.29. The SMILES string of the molecule is CN=C(C=CN)Nc1ncc(C)c(-c2cc3n(c2)CCCn2c(COc4ccccc4F)nnc2-3)n1. The van der Waals surface area contributed by atoms with E-state index in [2.05, 4.69) is 42.3 Å². The van der Waals surface area contributed by atoms with Gasteiger partial charge in [-0.25, -0.2) is 14.4 Å². The van der Waals surface area contributed by atoms with Crippen LogP contribution < -0.4 is 15.8 Å². The Kier molecular flexibility index (Phi) is 6.44. The Labute approximate surface area is 207 Å². The molecule has 10 nitrogen and oxygen atoms in total. The van der Waals surface area contributed by atoms with Crippen LogP contribution in [0.1, 0.15) is 17.8 Å². The van der Waals surface area contributed by atoms with Crippen molar-refractivity contribution in [1.82, 2.24) is 29.3 Å². The molecule has 36 heavy (non-hydrogen) atoms. The molecule has 184 valence electrons. The van der Waals surface area contributed by atoms with Crippen LogP contribution in [0.2, 0.25) is 0 Å². The molecule has 0 saturated heterocycles. The van der Waals surface area contributed by atoms with Crippen molar-refractivity contribution in [3.8, 4) is 28.5 Å². The Morgan fingerprint density at radius 3 is 2.94 bits per heavy atom. The van der Waals surface area contributed by atoms with Gasteiger partial charge in [0.2, 0.25) is 5.95 Å². The van der Waals surface area contributed by atoms with Crippen LogP contribution in [0.5, 0.6) is 5.75 Å². The van der Waals surface area contributed by atoms with Crippen molar-refractivity contribution in [3.63, 3.8) is 0 Å². The molecular formula is C25H26FN9O. The number of rotatable bonds is 6. The summed E-state index contributed by atoms with van der Waals surface area (Å²) in [6, 6.07) is 8.39. The maximum atomic E-state index is 14.0. The molecule has 11 heteroatoms. The quantitative estimate of drug-likeness (QED) is 0.315. The maximum Gasteiger partial charge on any atom is 0.228 e. The van der Waals surface area contributed by atoms with Crippen LogP contribution in [0.25, 0.3) is 22.8 Å². The molecule has 3 N–H and O–H groups in total. The van der Waals surface area contributed by atoms with E-state index in [4.69, 9.17) is 15.5 Å². The highest BCUT2D eigenvalue weighted by Gasteiger charge is 2.23. The summed E-state index contributed by atoms with van der Waals surface area (Å²) in [6.45, 7) is 3.65. The van der Waals surface area contributed by atoms with E-state index >= 15 is 0 Å². The van der Waals surface area contributed by atoms with E-state index in [1.807, 2.05) is 11.5 Å². The van der Waals surface area contributed by atoms with Crippen LogP contribution in [0, 0.1) is 12.7 Å². The molecule has 0 unspecified atom stereocenters. The van der Waals surface area contributed by atoms with Gasteiger partial charge in [0, 0.05) is 38.1 Å². The molecule has 0 aliphatic carbocycles. The number of aryl methyl sites for hydroxylation is 2. The van der Waals surface area contributed by atoms with Crippen molar-refractivity contribution in [2.75, 3.05) is 12.4 Å². The normalized spacial score (nSPS) is 13.4. The highest BCUT2D eigenvalue weighted by Crippen LogP contribution is 2.31. The van der Waals surface area contributed by atoms with Crippen LogP contribution in [-0.4, -0.2) is 42.2 Å². The predicted molar refractivity (Wildman–Crippen MR) is 135 cm³/mol. The van der Waals surface area contributed by atoms with E-state index < -0.39 is 5.82 Å². The van der Waals surface area contributed by atoms with Gasteiger partial charge in [0.15, 0.2) is 23.2 Å². The minimum atomic E-state index is -0.405. The van der Waals surface area contributed by atoms with Gasteiger partial charge in [-0.1, -0.05) is 12.1 Å². The number of amidine groups is 1. The van der Waals surface area contributed by atoms with Gasteiger partial charge in [-0.15, -0.1) is 10.2 Å². The lowest BCUT2D eigenvalue weighted by Crippen LogP contribution is -2.12. The van der Waals surface area contributed by atoms with Gasteiger partial charge < -0.3 is 24.9 Å².